The Morgan fingerprint density at radius 1 is 1.19 bits per heavy atom. The topological polar surface area (TPSA) is 75.0 Å². The third-order valence-electron chi connectivity index (χ3n) is 6.83. The van der Waals surface area contributed by atoms with Crippen molar-refractivity contribution in [2.24, 2.45) is 11.8 Å². The van der Waals surface area contributed by atoms with E-state index in [4.69, 9.17) is 19.5 Å². The van der Waals surface area contributed by atoms with E-state index in [0.717, 1.165) is 37.8 Å². The number of piperidine rings is 1. The Balaban J connectivity index is 1.17. The predicted octanol–water partition coefficient (Wildman–Crippen LogP) is 2.78. The number of cyclic esters (lactones) is 1. The molecule has 0 aromatic heterocycles. The maximum Gasteiger partial charge on any atom is 0.410 e. The van der Waals surface area contributed by atoms with Gasteiger partial charge in [0.25, 0.3) is 0 Å². The number of nitriles is 1. The van der Waals surface area contributed by atoms with Gasteiger partial charge in [0.05, 0.1) is 27.4 Å². The van der Waals surface area contributed by atoms with Crippen molar-refractivity contribution in [1.29, 1.82) is 5.26 Å². The van der Waals surface area contributed by atoms with Crippen molar-refractivity contribution >= 4 is 15.8 Å². The van der Waals surface area contributed by atoms with Gasteiger partial charge in [-0.3, -0.25) is 0 Å². The Labute approximate surface area is 187 Å². The van der Waals surface area contributed by atoms with Crippen LogP contribution in [0.4, 0.5) is 4.79 Å². The highest BCUT2D eigenvalue weighted by Crippen LogP contribution is 2.33. The number of nitrogens with zero attached hydrogens (tertiary/aromatic N) is 3. The molecule has 8 heteroatoms. The first kappa shape index (κ1) is 22.0. The molecule has 168 valence electrons. The molecule has 3 aliphatic heterocycles. The number of benzene rings is 1. The van der Waals surface area contributed by atoms with Crippen molar-refractivity contribution in [3.8, 4) is 17.6 Å². The molecule has 1 amide bonds. The first-order chi connectivity index (χ1) is 15.0. The summed E-state index contributed by atoms with van der Waals surface area (Å²) in [5.74, 6) is 2.56. The summed E-state index contributed by atoms with van der Waals surface area (Å²) in [6.45, 7) is 8.56. The van der Waals surface area contributed by atoms with Gasteiger partial charge in [0, 0.05) is 12.6 Å². The summed E-state index contributed by atoms with van der Waals surface area (Å²) in [6.07, 6.45) is 3.43. The van der Waals surface area contributed by atoms with Gasteiger partial charge in [-0.15, -0.1) is 0 Å². The van der Waals surface area contributed by atoms with E-state index in [2.05, 4.69) is 24.5 Å². The zero-order valence-electron chi connectivity index (χ0n) is 18.6. The molecule has 1 aromatic rings. The van der Waals surface area contributed by atoms with Crippen LogP contribution in [0.15, 0.2) is 18.2 Å². The highest BCUT2D eigenvalue weighted by Gasteiger charge is 2.35. The molecule has 0 N–H and O–H groups in total. The van der Waals surface area contributed by atoms with Gasteiger partial charge in [-0.25, -0.2) is 4.79 Å². The van der Waals surface area contributed by atoms with E-state index >= 15 is 0 Å². The van der Waals surface area contributed by atoms with Crippen LogP contribution in [0.3, 0.4) is 0 Å². The van der Waals surface area contributed by atoms with E-state index in [0.29, 0.717) is 36.4 Å². The molecule has 2 fully saturated rings. The molecule has 0 radical (unpaired) electrons. The summed E-state index contributed by atoms with van der Waals surface area (Å²) in [6, 6.07) is 8.79. The summed E-state index contributed by atoms with van der Waals surface area (Å²) < 4.78 is 19.8. The van der Waals surface area contributed by atoms with Gasteiger partial charge in [0.2, 0.25) is 0 Å². The van der Waals surface area contributed by atoms with E-state index in [-0.39, 0.29) is 18.2 Å². The molecule has 0 aliphatic carbocycles. The molecule has 2 saturated heterocycles. The minimum absolute atomic E-state index is 0.0833. The average molecular weight is 444 g/mol. The van der Waals surface area contributed by atoms with Gasteiger partial charge in [0.15, 0.2) is 11.5 Å². The monoisotopic (exact) mass is 443 g/mol. The van der Waals surface area contributed by atoms with Crippen LogP contribution in [-0.4, -0.2) is 70.2 Å². The van der Waals surface area contributed by atoms with Crippen molar-refractivity contribution in [2.75, 3.05) is 32.8 Å². The third-order valence-corrected chi connectivity index (χ3v) is 8.99. The molecule has 3 aliphatic rings. The van der Waals surface area contributed by atoms with Gasteiger partial charge in [0.1, 0.15) is 19.3 Å². The van der Waals surface area contributed by atoms with Gasteiger partial charge >= 0.3 is 6.09 Å². The standard InChI is InChI=1S/C23H33N3O4Si/c1-16(2)20-14-29-23(27)26(20)10-7-17-5-8-25(9-6-17)31-15-19-13-28-21-4-3-18(12-24)11-22(21)30-19/h3-4,11,16-17,19-20H,5-10,13-15,31H2,1-2H3. The molecule has 4 rings (SSSR count). The largest absolute Gasteiger partial charge is 0.486 e. The number of hydrogen-bond donors (Lipinski definition) is 0. The Morgan fingerprint density at radius 2 is 2.00 bits per heavy atom. The lowest BCUT2D eigenvalue weighted by molar-refractivity contribution is 0.102. The van der Waals surface area contributed by atoms with Crippen LogP contribution < -0.4 is 9.47 Å². The predicted molar refractivity (Wildman–Crippen MR) is 120 cm³/mol. The number of ether oxygens (including phenoxy) is 3. The lowest BCUT2D eigenvalue weighted by Gasteiger charge is -2.34. The summed E-state index contributed by atoms with van der Waals surface area (Å²) in [5, 5.41) is 9.08. The summed E-state index contributed by atoms with van der Waals surface area (Å²) >= 11 is 0. The van der Waals surface area contributed by atoms with Crippen molar-refractivity contribution < 1.29 is 19.0 Å². The van der Waals surface area contributed by atoms with Crippen molar-refractivity contribution in [3.63, 3.8) is 0 Å². The molecule has 2 unspecified atom stereocenters. The smallest absolute Gasteiger partial charge is 0.410 e. The van der Waals surface area contributed by atoms with Crippen molar-refractivity contribution in [2.45, 2.75) is 51.3 Å². The average Bonchev–Trinajstić information content (AvgIpc) is 3.17. The fraction of sp³-hybridized carbons (Fsp3) is 0.652. The highest BCUT2D eigenvalue weighted by atomic mass is 28.2. The molecular weight excluding hydrogens is 410 g/mol. The van der Waals surface area contributed by atoms with Gasteiger partial charge in [-0.05, 0) is 62.4 Å². The zero-order valence-corrected chi connectivity index (χ0v) is 20.0. The molecular formula is C23H33N3O4Si. The third kappa shape index (κ3) is 5.33. The highest BCUT2D eigenvalue weighted by molar-refractivity contribution is 6.32. The van der Waals surface area contributed by atoms with E-state index in [1.807, 2.05) is 11.0 Å². The van der Waals surface area contributed by atoms with Crippen LogP contribution in [0, 0.1) is 23.2 Å². The maximum atomic E-state index is 12.0. The molecule has 2 atom stereocenters. The van der Waals surface area contributed by atoms with E-state index in [1.165, 1.54) is 12.8 Å². The molecule has 31 heavy (non-hydrogen) atoms. The molecule has 1 aromatic carbocycles. The van der Waals surface area contributed by atoms with E-state index in [9.17, 15) is 4.79 Å². The number of rotatable bonds is 7. The molecule has 7 nitrogen and oxygen atoms in total. The van der Waals surface area contributed by atoms with Crippen LogP contribution >= 0.6 is 0 Å². The van der Waals surface area contributed by atoms with Crippen LogP contribution in [0.5, 0.6) is 11.5 Å². The number of hydrogen-bond acceptors (Lipinski definition) is 6. The fourth-order valence-corrected chi connectivity index (χ4v) is 6.50. The van der Waals surface area contributed by atoms with Crippen LogP contribution in [0.25, 0.3) is 0 Å². The van der Waals surface area contributed by atoms with Crippen LogP contribution in [0.1, 0.15) is 38.7 Å². The SMILES string of the molecule is CC(C)C1COC(=O)N1CCC1CCN([SiH2]CC2COc3ccc(C#N)cc3O2)CC1. The van der Waals surface area contributed by atoms with E-state index < -0.39 is 9.68 Å². The molecule has 0 saturated carbocycles. The number of carbonyl (C=O) groups is 1. The van der Waals surface area contributed by atoms with Gasteiger partial charge in [-0.1, -0.05) is 13.8 Å². The van der Waals surface area contributed by atoms with Gasteiger partial charge in [-0.2, -0.15) is 5.26 Å². The second-order valence-corrected chi connectivity index (χ2v) is 11.2. The molecule has 0 bridgehead atoms. The summed E-state index contributed by atoms with van der Waals surface area (Å²) in [5.41, 5.74) is 0.601. The Morgan fingerprint density at radius 3 is 2.74 bits per heavy atom. The number of amides is 1. The zero-order chi connectivity index (χ0) is 21.8. The Kier molecular flexibility index (Phi) is 7.03. The first-order valence-corrected chi connectivity index (χ1v) is 13.2. The van der Waals surface area contributed by atoms with Gasteiger partial charge < -0.3 is 23.7 Å². The lowest BCUT2D eigenvalue weighted by Crippen LogP contribution is -2.41. The van der Waals surface area contributed by atoms with Crippen LogP contribution in [-0.2, 0) is 4.74 Å². The van der Waals surface area contributed by atoms with Crippen LogP contribution in [0.2, 0.25) is 6.04 Å². The maximum absolute atomic E-state index is 12.0. The summed E-state index contributed by atoms with van der Waals surface area (Å²) in [4.78, 5) is 14.0. The minimum atomic E-state index is -0.394. The van der Waals surface area contributed by atoms with Crippen molar-refractivity contribution in [1.82, 2.24) is 9.47 Å². The Hall–Kier alpha value is -2.24. The molecule has 3 heterocycles. The fourth-order valence-electron chi connectivity index (χ4n) is 4.75. The Bertz CT molecular complexity index is 820. The first-order valence-electron chi connectivity index (χ1n) is 11.5. The number of fused-ring (bicyclic) bond motifs is 1. The molecule has 0 spiro atoms. The number of carbonyl (C=O) groups excluding carboxylic acids is 1. The van der Waals surface area contributed by atoms with Crippen molar-refractivity contribution in [3.05, 3.63) is 23.8 Å². The minimum Gasteiger partial charge on any atom is -0.486 e. The second kappa shape index (κ2) is 9.92. The lowest BCUT2D eigenvalue weighted by atomic mass is 9.94. The summed E-state index contributed by atoms with van der Waals surface area (Å²) in [7, 11) is -0.394. The normalized spacial score (nSPS) is 24.7. The quantitative estimate of drug-likeness (QED) is 0.603. The van der Waals surface area contributed by atoms with E-state index in [1.54, 1.807) is 12.1 Å². The second-order valence-electron chi connectivity index (χ2n) is 9.27.